The van der Waals surface area contributed by atoms with Gasteiger partial charge in [0.25, 0.3) is 11.8 Å². The molecular weight excluding hydrogens is 679 g/mol. The van der Waals surface area contributed by atoms with E-state index in [4.69, 9.17) is 16.3 Å². The lowest BCUT2D eigenvalue weighted by atomic mass is 9.93. The number of alkyl halides is 9. The molecule has 3 aromatic rings. The molecule has 3 aromatic carbocycles. The summed E-state index contributed by atoms with van der Waals surface area (Å²) in [7, 11) is 1.10. The minimum absolute atomic E-state index is 0.00635. The molecular formula is C25H15BrClF9N2O4. The van der Waals surface area contributed by atoms with Crippen LogP contribution in [-0.4, -0.2) is 37.9 Å². The molecule has 0 aliphatic heterocycles. The number of amides is 2. The Bertz CT molecular complexity index is 1490. The van der Waals surface area contributed by atoms with Gasteiger partial charge in [-0.1, -0.05) is 29.8 Å². The van der Waals surface area contributed by atoms with Crippen LogP contribution in [0.3, 0.4) is 0 Å². The van der Waals surface area contributed by atoms with Crippen LogP contribution < -0.4 is 20.1 Å². The van der Waals surface area contributed by atoms with Gasteiger partial charge < -0.3 is 20.1 Å². The summed E-state index contributed by atoms with van der Waals surface area (Å²) in [5, 5.41) is 4.57. The van der Waals surface area contributed by atoms with Gasteiger partial charge in [-0.05, 0) is 52.3 Å². The normalized spacial score (nSPS) is 12.2. The van der Waals surface area contributed by atoms with Gasteiger partial charge >= 0.3 is 24.6 Å². The summed E-state index contributed by atoms with van der Waals surface area (Å²) in [4.78, 5) is 25.8. The topological polar surface area (TPSA) is 76.7 Å². The van der Waals surface area contributed by atoms with E-state index in [0.717, 1.165) is 13.2 Å². The van der Waals surface area contributed by atoms with Crippen LogP contribution in [0.5, 0.6) is 11.5 Å². The summed E-state index contributed by atoms with van der Waals surface area (Å²) < 4.78 is 129. The molecule has 0 atom stereocenters. The number of halogens is 11. The number of para-hydroxylation sites is 1. The first-order valence-electron chi connectivity index (χ1n) is 11.1. The lowest BCUT2D eigenvalue weighted by Crippen LogP contribution is -2.50. The van der Waals surface area contributed by atoms with E-state index >= 15 is 0 Å². The lowest BCUT2D eigenvalue weighted by molar-refractivity contribution is -0.348. The van der Waals surface area contributed by atoms with E-state index in [1.807, 2.05) is 5.32 Å². The Labute approximate surface area is 243 Å². The number of hydrogen-bond donors (Lipinski definition) is 2. The summed E-state index contributed by atoms with van der Waals surface area (Å²) in [6.45, 7) is -3.81. The highest BCUT2D eigenvalue weighted by Crippen LogP contribution is 2.55. The molecule has 0 bridgehead atoms. The van der Waals surface area contributed by atoms with Crippen molar-refractivity contribution in [1.82, 2.24) is 0 Å². The summed E-state index contributed by atoms with van der Waals surface area (Å²) in [6, 6.07) is 9.40. The van der Waals surface area contributed by atoms with Gasteiger partial charge in [0.2, 0.25) is 0 Å². The molecule has 6 nitrogen and oxygen atoms in total. The van der Waals surface area contributed by atoms with Crippen molar-refractivity contribution in [3.05, 3.63) is 80.8 Å². The number of hydrogen-bond acceptors (Lipinski definition) is 4. The van der Waals surface area contributed by atoms with E-state index in [9.17, 15) is 49.1 Å². The second-order valence-electron chi connectivity index (χ2n) is 8.14. The highest BCUT2D eigenvalue weighted by atomic mass is 79.9. The molecule has 0 aliphatic carbocycles. The Morgan fingerprint density at radius 2 is 1.43 bits per heavy atom. The van der Waals surface area contributed by atoms with Crippen LogP contribution in [0.2, 0.25) is 5.02 Å². The number of benzene rings is 3. The molecule has 42 heavy (non-hydrogen) atoms. The number of carbonyl (C=O) groups is 2. The van der Waals surface area contributed by atoms with Crippen molar-refractivity contribution in [2.45, 2.75) is 24.6 Å². The minimum atomic E-state index is -6.56. The summed E-state index contributed by atoms with van der Waals surface area (Å²) >= 11 is 8.60. The van der Waals surface area contributed by atoms with Crippen molar-refractivity contribution < 1.29 is 58.6 Å². The van der Waals surface area contributed by atoms with Crippen LogP contribution in [0.4, 0.5) is 50.9 Å². The van der Waals surface area contributed by atoms with E-state index < -0.39 is 57.9 Å². The Kier molecular flexibility index (Phi) is 9.61. The number of anilines is 2. The average Bonchev–Trinajstić information content (AvgIpc) is 2.88. The lowest BCUT2D eigenvalue weighted by Gasteiger charge is -2.31. The van der Waals surface area contributed by atoms with Crippen molar-refractivity contribution in [1.29, 1.82) is 0 Å². The van der Waals surface area contributed by atoms with Crippen molar-refractivity contribution in [2.24, 2.45) is 0 Å². The monoisotopic (exact) mass is 692 g/mol. The Morgan fingerprint density at radius 3 is 1.98 bits per heavy atom. The molecule has 0 saturated carbocycles. The molecule has 0 heterocycles. The molecule has 0 unspecified atom stereocenters. The molecule has 0 fully saturated rings. The number of methoxy groups -OCH3 is 1. The standard InChI is InChI=1S/C25H15BrClF9N2O4/c1-41-19-13(6-4-8-16(19)37-20(39)12-5-2-3-7-15(12)27)21(40)38-18-14(26)9-11(10-17(18)42-22(28)29)23(30,24(31,32)33)25(34,35)36/h2-10,22H,1H3,(H,37,39)(H,38,40). The van der Waals surface area contributed by atoms with Crippen molar-refractivity contribution in [3.8, 4) is 11.5 Å². The molecule has 2 N–H and O–H groups in total. The Balaban J connectivity index is 2.06. The van der Waals surface area contributed by atoms with Gasteiger partial charge in [0.15, 0.2) is 11.5 Å². The number of carbonyl (C=O) groups excluding carboxylic acids is 2. The zero-order chi connectivity index (χ0) is 31.6. The number of nitrogens with one attached hydrogen (secondary N) is 2. The number of rotatable bonds is 8. The minimum Gasteiger partial charge on any atom is -0.494 e. The van der Waals surface area contributed by atoms with Gasteiger partial charge in [-0.15, -0.1) is 0 Å². The second-order valence-corrected chi connectivity index (χ2v) is 9.40. The zero-order valence-electron chi connectivity index (χ0n) is 20.6. The molecule has 3 rings (SSSR count). The van der Waals surface area contributed by atoms with E-state index in [0.29, 0.717) is 0 Å². The van der Waals surface area contributed by atoms with Crippen LogP contribution >= 0.6 is 27.5 Å². The zero-order valence-corrected chi connectivity index (χ0v) is 22.9. The fraction of sp³-hybridized carbons (Fsp3) is 0.200. The smallest absolute Gasteiger partial charge is 0.435 e. The predicted octanol–water partition coefficient (Wildman–Crippen LogP) is 8.51. The molecule has 0 radical (unpaired) electrons. The van der Waals surface area contributed by atoms with Crippen molar-refractivity contribution in [3.63, 3.8) is 0 Å². The van der Waals surface area contributed by atoms with Crippen molar-refractivity contribution in [2.75, 3.05) is 17.7 Å². The van der Waals surface area contributed by atoms with Crippen LogP contribution in [-0.2, 0) is 5.67 Å². The Hall–Kier alpha value is -3.66. The summed E-state index contributed by atoms with van der Waals surface area (Å²) in [6.07, 6.45) is -13.1. The molecule has 0 spiro atoms. The number of ether oxygens (including phenoxy) is 2. The Morgan fingerprint density at radius 1 is 0.857 bits per heavy atom. The fourth-order valence-corrected chi connectivity index (χ4v) is 4.39. The largest absolute Gasteiger partial charge is 0.494 e. The highest BCUT2D eigenvalue weighted by Gasteiger charge is 2.73. The summed E-state index contributed by atoms with van der Waals surface area (Å²) in [5.74, 6) is -3.63. The van der Waals surface area contributed by atoms with Crippen LogP contribution in [0, 0.1) is 0 Å². The SMILES string of the molecule is COc1c(NC(=O)c2ccccc2Cl)cccc1C(=O)Nc1c(Br)cc(C(F)(C(F)(F)F)C(F)(F)F)cc1OC(F)F. The molecule has 226 valence electrons. The van der Waals surface area contributed by atoms with Gasteiger partial charge in [-0.25, -0.2) is 4.39 Å². The maximum Gasteiger partial charge on any atom is 0.435 e. The van der Waals surface area contributed by atoms with Crippen LogP contribution in [0.25, 0.3) is 0 Å². The van der Waals surface area contributed by atoms with Gasteiger partial charge in [0.05, 0.1) is 34.6 Å². The molecule has 0 aliphatic rings. The first-order valence-corrected chi connectivity index (χ1v) is 12.2. The second kappa shape index (κ2) is 12.3. The fourth-order valence-electron chi connectivity index (χ4n) is 3.63. The third-order valence-electron chi connectivity index (χ3n) is 5.52. The van der Waals surface area contributed by atoms with E-state index in [2.05, 4.69) is 26.0 Å². The van der Waals surface area contributed by atoms with Crippen LogP contribution in [0.15, 0.2) is 59.1 Å². The van der Waals surface area contributed by atoms with E-state index in [1.165, 1.54) is 30.3 Å². The molecule has 17 heteroatoms. The predicted molar refractivity (Wildman–Crippen MR) is 136 cm³/mol. The van der Waals surface area contributed by atoms with Gasteiger partial charge in [0.1, 0.15) is 0 Å². The van der Waals surface area contributed by atoms with Gasteiger partial charge in [-0.2, -0.15) is 35.1 Å². The third kappa shape index (κ3) is 6.53. The first-order chi connectivity index (χ1) is 19.4. The van der Waals surface area contributed by atoms with E-state index in [-0.39, 0.29) is 39.7 Å². The quantitative estimate of drug-likeness (QED) is 0.232. The van der Waals surface area contributed by atoms with E-state index in [1.54, 1.807) is 6.07 Å². The third-order valence-corrected chi connectivity index (χ3v) is 6.47. The summed E-state index contributed by atoms with van der Waals surface area (Å²) in [5.41, 5.74) is -9.41. The molecule has 0 aromatic heterocycles. The van der Waals surface area contributed by atoms with Gasteiger partial charge in [0, 0.05) is 10.0 Å². The highest BCUT2D eigenvalue weighted by molar-refractivity contribution is 9.10. The molecule has 0 saturated heterocycles. The molecule has 2 amide bonds. The maximum absolute atomic E-state index is 14.6. The average molecular weight is 694 g/mol. The first kappa shape index (κ1) is 32.8. The van der Waals surface area contributed by atoms with Crippen molar-refractivity contribution >= 4 is 50.7 Å². The maximum atomic E-state index is 14.6. The van der Waals surface area contributed by atoms with Gasteiger partial charge in [-0.3, -0.25) is 9.59 Å². The van der Waals surface area contributed by atoms with Crippen LogP contribution in [0.1, 0.15) is 26.3 Å².